The number of nitrogens with one attached hydrogen (secondary N) is 2. The molecule has 0 aliphatic carbocycles. The summed E-state index contributed by atoms with van der Waals surface area (Å²) in [6.45, 7) is -0.0298. The second-order valence-electron chi connectivity index (χ2n) is 4.79. The van der Waals surface area contributed by atoms with E-state index in [1.807, 2.05) is 24.3 Å². The van der Waals surface area contributed by atoms with Crippen LogP contribution in [-0.2, 0) is 4.79 Å². The summed E-state index contributed by atoms with van der Waals surface area (Å²) in [5.74, 6) is -0.475. The van der Waals surface area contributed by atoms with Crippen LogP contribution in [0.2, 0.25) is 0 Å². The molecular weight excluding hydrogens is 300 g/mol. The molecule has 0 unspecified atom stereocenters. The van der Waals surface area contributed by atoms with Crippen molar-refractivity contribution >= 4 is 39.2 Å². The van der Waals surface area contributed by atoms with Gasteiger partial charge >= 0.3 is 0 Å². The molecule has 22 heavy (non-hydrogen) atoms. The Hall–Kier alpha value is -2.67. The number of H-pyrrole nitrogens is 1. The zero-order chi connectivity index (χ0) is 15.5. The van der Waals surface area contributed by atoms with Crippen LogP contribution in [0.3, 0.4) is 0 Å². The first-order valence-corrected chi connectivity index (χ1v) is 7.54. The molecule has 0 bridgehead atoms. The molecule has 1 aromatic carbocycles. The Morgan fingerprint density at radius 1 is 1.36 bits per heavy atom. The van der Waals surface area contributed by atoms with E-state index in [2.05, 4.69) is 15.3 Å². The van der Waals surface area contributed by atoms with Crippen molar-refractivity contribution in [3.05, 3.63) is 47.6 Å². The molecule has 0 aliphatic heterocycles. The van der Waals surface area contributed by atoms with E-state index in [4.69, 9.17) is 0 Å². The zero-order valence-electron chi connectivity index (χ0n) is 11.9. The van der Waals surface area contributed by atoms with Gasteiger partial charge in [0.1, 0.15) is 0 Å². The maximum absolute atomic E-state index is 12.5. The average molecular weight is 314 g/mol. The molecular formula is C15H14N4O2S. The molecule has 2 amide bonds. The number of hydrogen-bond acceptors (Lipinski definition) is 4. The Morgan fingerprint density at radius 2 is 2.18 bits per heavy atom. The third-order valence-corrected chi connectivity index (χ3v) is 3.91. The predicted molar refractivity (Wildman–Crippen MR) is 86.0 cm³/mol. The van der Waals surface area contributed by atoms with Gasteiger partial charge in [0.2, 0.25) is 5.91 Å². The third kappa shape index (κ3) is 2.84. The van der Waals surface area contributed by atoms with Crippen LogP contribution in [0.15, 0.2) is 42.0 Å². The van der Waals surface area contributed by atoms with E-state index in [9.17, 15) is 9.59 Å². The number of nitrogens with zero attached hydrogens (tertiary/aromatic N) is 2. The molecule has 112 valence electrons. The lowest BCUT2D eigenvalue weighted by Gasteiger charge is -2.15. The Labute approximate surface area is 130 Å². The fourth-order valence-electron chi connectivity index (χ4n) is 2.19. The first kappa shape index (κ1) is 14.3. The molecule has 2 N–H and O–H groups in total. The van der Waals surface area contributed by atoms with Gasteiger partial charge in [-0.2, -0.15) is 0 Å². The number of amides is 2. The number of likely N-dealkylation sites (N-methyl/N-ethyl adjacent to an activating group) is 1. The zero-order valence-corrected chi connectivity index (χ0v) is 12.7. The van der Waals surface area contributed by atoms with Crippen molar-refractivity contribution in [1.29, 1.82) is 0 Å². The normalized spacial score (nSPS) is 10.6. The molecule has 2 aromatic heterocycles. The molecule has 0 saturated carbocycles. The standard InChI is InChI=1S/C15H14N4O2S/c1-19(9-13(20)18-15-16-6-7-22-15)14(21)11-8-17-12-5-3-2-4-10(11)12/h2-8,17H,9H2,1H3,(H,16,18,20). The van der Waals surface area contributed by atoms with E-state index < -0.39 is 0 Å². The quantitative estimate of drug-likeness (QED) is 0.776. The van der Waals surface area contributed by atoms with Crippen LogP contribution in [-0.4, -0.2) is 40.3 Å². The van der Waals surface area contributed by atoms with Crippen LogP contribution in [0.5, 0.6) is 0 Å². The van der Waals surface area contributed by atoms with E-state index in [0.717, 1.165) is 10.9 Å². The fraction of sp³-hybridized carbons (Fsp3) is 0.133. The monoisotopic (exact) mass is 314 g/mol. The van der Waals surface area contributed by atoms with Crippen molar-refractivity contribution in [2.75, 3.05) is 18.9 Å². The minimum atomic E-state index is -0.273. The van der Waals surface area contributed by atoms with Gasteiger partial charge in [-0.05, 0) is 6.07 Å². The lowest BCUT2D eigenvalue weighted by Crippen LogP contribution is -2.34. The highest BCUT2D eigenvalue weighted by atomic mass is 32.1. The first-order valence-electron chi connectivity index (χ1n) is 6.66. The molecule has 0 radical (unpaired) electrons. The van der Waals surface area contributed by atoms with Gasteiger partial charge in [0.25, 0.3) is 5.91 Å². The van der Waals surface area contributed by atoms with E-state index in [0.29, 0.717) is 10.7 Å². The Morgan fingerprint density at radius 3 is 2.95 bits per heavy atom. The van der Waals surface area contributed by atoms with Crippen LogP contribution in [0.25, 0.3) is 10.9 Å². The summed E-state index contributed by atoms with van der Waals surface area (Å²) in [5, 5.41) is 5.80. The van der Waals surface area contributed by atoms with Crippen molar-refractivity contribution in [2.45, 2.75) is 0 Å². The molecule has 3 rings (SSSR count). The number of fused-ring (bicyclic) bond motifs is 1. The number of hydrogen-bond donors (Lipinski definition) is 2. The maximum Gasteiger partial charge on any atom is 0.256 e. The van der Waals surface area contributed by atoms with Crippen molar-refractivity contribution in [2.24, 2.45) is 0 Å². The minimum Gasteiger partial charge on any atom is -0.360 e. The van der Waals surface area contributed by atoms with E-state index in [-0.39, 0.29) is 18.4 Å². The van der Waals surface area contributed by atoms with Crippen LogP contribution in [0.1, 0.15) is 10.4 Å². The van der Waals surface area contributed by atoms with Crippen LogP contribution in [0.4, 0.5) is 5.13 Å². The smallest absolute Gasteiger partial charge is 0.256 e. The third-order valence-electron chi connectivity index (χ3n) is 3.23. The van der Waals surface area contributed by atoms with E-state index in [1.54, 1.807) is 24.8 Å². The summed E-state index contributed by atoms with van der Waals surface area (Å²) in [7, 11) is 1.60. The van der Waals surface area contributed by atoms with Gasteiger partial charge < -0.3 is 15.2 Å². The number of aromatic amines is 1. The molecule has 6 nitrogen and oxygen atoms in total. The number of rotatable bonds is 4. The Kier molecular flexibility index (Phi) is 3.88. The highest BCUT2D eigenvalue weighted by Crippen LogP contribution is 2.19. The summed E-state index contributed by atoms with van der Waals surface area (Å²) in [6, 6.07) is 7.56. The van der Waals surface area contributed by atoms with E-state index in [1.165, 1.54) is 16.2 Å². The lowest BCUT2D eigenvalue weighted by atomic mass is 10.1. The molecule has 0 atom stereocenters. The number of aromatic nitrogens is 2. The summed E-state index contributed by atoms with van der Waals surface area (Å²) >= 11 is 1.33. The molecule has 3 aromatic rings. The van der Waals surface area contributed by atoms with E-state index >= 15 is 0 Å². The van der Waals surface area contributed by atoms with Gasteiger partial charge in [-0.1, -0.05) is 18.2 Å². The van der Waals surface area contributed by atoms with Crippen LogP contribution < -0.4 is 5.32 Å². The van der Waals surface area contributed by atoms with Gasteiger partial charge in [-0.3, -0.25) is 9.59 Å². The van der Waals surface area contributed by atoms with Crippen molar-refractivity contribution < 1.29 is 9.59 Å². The van der Waals surface area contributed by atoms with Gasteiger partial charge in [0, 0.05) is 35.7 Å². The topological polar surface area (TPSA) is 78.1 Å². The number of anilines is 1. The highest BCUT2D eigenvalue weighted by molar-refractivity contribution is 7.13. The van der Waals surface area contributed by atoms with Crippen molar-refractivity contribution in [3.63, 3.8) is 0 Å². The molecule has 0 aliphatic rings. The Balaban J connectivity index is 1.70. The summed E-state index contributed by atoms with van der Waals surface area (Å²) in [5.41, 5.74) is 1.45. The summed E-state index contributed by atoms with van der Waals surface area (Å²) in [4.78, 5) is 32.8. The van der Waals surface area contributed by atoms with Crippen molar-refractivity contribution in [1.82, 2.24) is 14.9 Å². The average Bonchev–Trinajstić information content (AvgIpc) is 3.15. The van der Waals surface area contributed by atoms with Crippen LogP contribution in [0, 0.1) is 0 Å². The van der Waals surface area contributed by atoms with Gasteiger partial charge in [0.15, 0.2) is 5.13 Å². The second kappa shape index (κ2) is 5.98. The predicted octanol–water partition coefficient (Wildman–Crippen LogP) is 2.34. The number of carbonyl (C=O) groups is 2. The Bertz CT molecular complexity index is 810. The molecule has 0 saturated heterocycles. The molecule has 0 fully saturated rings. The summed E-state index contributed by atoms with van der Waals surface area (Å²) < 4.78 is 0. The molecule has 7 heteroatoms. The summed E-state index contributed by atoms with van der Waals surface area (Å²) in [6.07, 6.45) is 3.28. The highest BCUT2D eigenvalue weighted by Gasteiger charge is 2.18. The minimum absolute atomic E-state index is 0.0298. The first-order chi connectivity index (χ1) is 10.6. The van der Waals surface area contributed by atoms with Crippen LogP contribution >= 0.6 is 11.3 Å². The number of thiazole rings is 1. The number of para-hydroxylation sites is 1. The number of carbonyl (C=O) groups excluding carboxylic acids is 2. The SMILES string of the molecule is CN(CC(=O)Nc1nccs1)C(=O)c1c[nH]c2ccccc12. The molecule has 2 heterocycles. The second-order valence-corrected chi connectivity index (χ2v) is 5.69. The lowest BCUT2D eigenvalue weighted by molar-refractivity contribution is -0.116. The maximum atomic E-state index is 12.5. The van der Waals surface area contributed by atoms with Gasteiger partial charge in [0.05, 0.1) is 12.1 Å². The number of benzene rings is 1. The van der Waals surface area contributed by atoms with Gasteiger partial charge in [-0.15, -0.1) is 11.3 Å². The molecule has 0 spiro atoms. The fourth-order valence-corrected chi connectivity index (χ4v) is 2.73. The van der Waals surface area contributed by atoms with Crippen molar-refractivity contribution in [3.8, 4) is 0 Å². The van der Waals surface area contributed by atoms with Gasteiger partial charge in [-0.25, -0.2) is 4.98 Å². The largest absolute Gasteiger partial charge is 0.360 e.